The van der Waals surface area contributed by atoms with Crippen molar-refractivity contribution in [3.05, 3.63) is 145 Å². The molecule has 212 valence electrons. The van der Waals surface area contributed by atoms with Crippen LogP contribution in [0.4, 0.5) is 0 Å². The summed E-state index contributed by atoms with van der Waals surface area (Å²) in [6, 6.07) is 49.3. The van der Waals surface area contributed by atoms with Crippen molar-refractivity contribution < 1.29 is 0 Å². The van der Waals surface area contributed by atoms with E-state index in [4.69, 9.17) is 0 Å². The lowest BCUT2D eigenvalue weighted by atomic mass is 9.81. The molecule has 9 rings (SSSR count). The SMILES string of the molecule is CC1Cc2c(n(-c3cccc(-c4ccc5ccccc5c4)c3)c3ccc(-n4c5ccccc5c5ccccc54)cc23)C(C)C1. The molecule has 0 bridgehead atoms. The van der Waals surface area contributed by atoms with Gasteiger partial charge in [-0.3, -0.25) is 0 Å². The van der Waals surface area contributed by atoms with Gasteiger partial charge in [0.15, 0.2) is 0 Å². The average molecular weight is 567 g/mol. The highest BCUT2D eigenvalue weighted by molar-refractivity contribution is 6.09. The summed E-state index contributed by atoms with van der Waals surface area (Å²) in [5.74, 6) is 1.15. The third-order valence-electron chi connectivity index (χ3n) is 9.90. The van der Waals surface area contributed by atoms with E-state index in [0.29, 0.717) is 11.8 Å². The molecule has 0 fully saturated rings. The van der Waals surface area contributed by atoms with E-state index >= 15 is 0 Å². The number of para-hydroxylation sites is 2. The lowest BCUT2D eigenvalue weighted by molar-refractivity contribution is 0.442. The molecule has 2 aromatic heterocycles. The van der Waals surface area contributed by atoms with Gasteiger partial charge in [0.05, 0.1) is 16.6 Å². The van der Waals surface area contributed by atoms with Crippen LogP contribution in [-0.4, -0.2) is 9.13 Å². The van der Waals surface area contributed by atoms with Crippen LogP contribution in [0.2, 0.25) is 0 Å². The van der Waals surface area contributed by atoms with E-state index in [2.05, 4.69) is 156 Å². The van der Waals surface area contributed by atoms with E-state index in [1.807, 2.05) is 0 Å². The number of nitrogens with zero attached hydrogens (tertiary/aromatic N) is 2. The van der Waals surface area contributed by atoms with Crippen molar-refractivity contribution in [3.8, 4) is 22.5 Å². The number of hydrogen-bond acceptors (Lipinski definition) is 0. The van der Waals surface area contributed by atoms with E-state index in [0.717, 1.165) is 6.42 Å². The molecule has 0 N–H and O–H groups in total. The Balaban J connectivity index is 1.27. The molecule has 0 spiro atoms. The summed E-state index contributed by atoms with van der Waals surface area (Å²) in [4.78, 5) is 0. The van der Waals surface area contributed by atoms with Gasteiger partial charge in [0.2, 0.25) is 0 Å². The molecule has 2 unspecified atom stereocenters. The highest BCUT2D eigenvalue weighted by Crippen LogP contribution is 2.44. The van der Waals surface area contributed by atoms with Gasteiger partial charge < -0.3 is 9.13 Å². The zero-order chi connectivity index (χ0) is 29.4. The lowest BCUT2D eigenvalue weighted by Crippen LogP contribution is -2.16. The summed E-state index contributed by atoms with van der Waals surface area (Å²) < 4.78 is 5.02. The molecule has 0 radical (unpaired) electrons. The Hall–Kier alpha value is -5.08. The van der Waals surface area contributed by atoms with E-state index in [1.165, 1.54) is 83.7 Å². The predicted octanol–water partition coefficient (Wildman–Crippen LogP) is 11.2. The van der Waals surface area contributed by atoms with Crippen LogP contribution in [0, 0.1) is 5.92 Å². The number of hydrogen-bond donors (Lipinski definition) is 0. The van der Waals surface area contributed by atoms with Crippen LogP contribution >= 0.6 is 0 Å². The average Bonchev–Trinajstić information content (AvgIpc) is 3.57. The van der Waals surface area contributed by atoms with Gasteiger partial charge in [-0.15, -0.1) is 0 Å². The molecule has 44 heavy (non-hydrogen) atoms. The van der Waals surface area contributed by atoms with E-state index in [1.54, 1.807) is 0 Å². The molecule has 2 heterocycles. The van der Waals surface area contributed by atoms with Gasteiger partial charge in [0.25, 0.3) is 0 Å². The van der Waals surface area contributed by atoms with Crippen molar-refractivity contribution in [1.29, 1.82) is 0 Å². The Morgan fingerprint density at radius 2 is 1.16 bits per heavy atom. The van der Waals surface area contributed by atoms with Gasteiger partial charge in [0, 0.05) is 33.2 Å². The smallest absolute Gasteiger partial charge is 0.0541 e. The second-order valence-corrected chi connectivity index (χ2v) is 12.8. The summed E-state index contributed by atoms with van der Waals surface area (Å²) in [6.07, 6.45) is 2.33. The Kier molecular flexibility index (Phi) is 5.62. The fourth-order valence-electron chi connectivity index (χ4n) is 8.05. The van der Waals surface area contributed by atoms with Gasteiger partial charge in [-0.05, 0) is 101 Å². The third kappa shape index (κ3) is 3.80. The fourth-order valence-corrected chi connectivity index (χ4v) is 8.05. The molecule has 0 aliphatic heterocycles. The van der Waals surface area contributed by atoms with Crippen molar-refractivity contribution in [2.45, 2.75) is 32.6 Å². The first-order valence-corrected chi connectivity index (χ1v) is 15.9. The standard InChI is InChI=1S/C42H34N2/c1-27-22-28(2)42-38(23-27)37-26-34(43-39-16-7-5-14-35(39)36-15-6-8-17-40(36)43)20-21-41(37)44(42)33-13-9-12-31(25-33)32-19-18-29-10-3-4-11-30(29)24-32/h3-21,24-28H,22-23H2,1-2H3. The van der Waals surface area contributed by atoms with Crippen molar-refractivity contribution in [1.82, 2.24) is 9.13 Å². The summed E-state index contributed by atoms with van der Waals surface area (Å²) >= 11 is 0. The lowest BCUT2D eigenvalue weighted by Gasteiger charge is -2.27. The van der Waals surface area contributed by atoms with Crippen LogP contribution in [-0.2, 0) is 6.42 Å². The second-order valence-electron chi connectivity index (χ2n) is 12.8. The zero-order valence-electron chi connectivity index (χ0n) is 25.2. The molecule has 0 saturated heterocycles. The summed E-state index contributed by atoms with van der Waals surface area (Å²) in [6.45, 7) is 4.84. The van der Waals surface area contributed by atoms with Crippen molar-refractivity contribution in [2.75, 3.05) is 0 Å². The van der Waals surface area contributed by atoms with E-state index in [9.17, 15) is 0 Å². The van der Waals surface area contributed by atoms with Crippen LogP contribution in [0.15, 0.2) is 133 Å². The topological polar surface area (TPSA) is 9.86 Å². The molecule has 6 aromatic carbocycles. The van der Waals surface area contributed by atoms with Crippen LogP contribution in [0.5, 0.6) is 0 Å². The molecule has 8 aromatic rings. The first-order valence-electron chi connectivity index (χ1n) is 15.9. The highest BCUT2D eigenvalue weighted by Gasteiger charge is 2.29. The second kappa shape index (κ2) is 9.72. The normalized spacial score (nSPS) is 16.7. The summed E-state index contributed by atoms with van der Waals surface area (Å²) in [7, 11) is 0. The van der Waals surface area contributed by atoms with E-state index in [-0.39, 0.29) is 0 Å². The Labute approximate surface area is 257 Å². The quantitative estimate of drug-likeness (QED) is 0.201. The molecule has 1 aliphatic rings. The minimum absolute atomic E-state index is 0.488. The van der Waals surface area contributed by atoms with Crippen LogP contribution < -0.4 is 0 Å². The van der Waals surface area contributed by atoms with Crippen molar-refractivity contribution in [3.63, 3.8) is 0 Å². The Morgan fingerprint density at radius 3 is 1.95 bits per heavy atom. The molecule has 1 aliphatic carbocycles. The molecule has 2 atom stereocenters. The van der Waals surface area contributed by atoms with Crippen molar-refractivity contribution in [2.24, 2.45) is 5.92 Å². The van der Waals surface area contributed by atoms with Crippen LogP contribution in [0.25, 0.3) is 66.0 Å². The van der Waals surface area contributed by atoms with Gasteiger partial charge in [0.1, 0.15) is 0 Å². The van der Waals surface area contributed by atoms with Crippen molar-refractivity contribution >= 4 is 43.5 Å². The number of benzene rings is 6. The van der Waals surface area contributed by atoms with Gasteiger partial charge in [-0.2, -0.15) is 0 Å². The largest absolute Gasteiger partial charge is 0.313 e. The molecular formula is C42H34N2. The Bertz CT molecular complexity index is 2330. The Morgan fingerprint density at radius 1 is 0.500 bits per heavy atom. The molecule has 2 heteroatoms. The summed E-state index contributed by atoms with van der Waals surface area (Å²) in [5, 5.41) is 6.54. The maximum absolute atomic E-state index is 2.57. The minimum Gasteiger partial charge on any atom is -0.313 e. The minimum atomic E-state index is 0.488. The van der Waals surface area contributed by atoms with Crippen LogP contribution in [0.1, 0.15) is 37.4 Å². The first kappa shape index (κ1) is 25.4. The molecule has 0 saturated carbocycles. The summed E-state index contributed by atoms with van der Waals surface area (Å²) in [5.41, 5.74) is 11.8. The van der Waals surface area contributed by atoms with E-state index < -0.39 is 0 Å². The number of rotatable bonds is 3. The molecule has 0 amide bonds. The first-order chi connectivity index (χ1) is 21.6. The zero-order valence-corrected chi connectivity index (χ0v) is 25.2. The maximum Gasteiger partial charge on any atom is 0.0541 e. The molecular weight excluding hydrogens is 532 g/mol. The number of aromatic nitrogens is 2. The fraction of sp³-hybridized carbons (Fsp3) is 0.143. The van der Waals surface area contributed by atoms with Gasteiger partial charge in [-0.25, -0.2) is 0 Å². The molecule has 2 nitrogen and oxygen atoms in total. The maximum atomic E-state index is 2.57. The van der Waals surface area contributed by atoms with Crippen LogP contribution in [0.3, 0.4) is 0 Å². The van der Waals surface area contributed by atoms with Gasteiger partial charge >= 0.3 is 0 Å². The monoisotopic (exact) mass is 566 g/mol. The van der Waals surface area contributed by atoms with Gasteiger partial charge in [-0.1, -0.05) is 98.8 Å². The third-order valence-corrected chi connectivity index (χ3v) is 9.90. The predicted molar refractivity (Wildman–Crippen MR) is 186 cm³/mol. The highest BCUT2D eigenvalue weighted by atomic mass is 15.0. The number of fused-ring (bicyclic) bond motifs is 7.